The minimum atomic E-state index is -4.17. The standard InChI is InChI=1S/C50H55N9O9S/c1-32(52)45(60)56-42(28-33-10-4-2-5-11-33)47(62)55-41(14-8-9-26-51)46(61)53-38-19-15-34(16-20-38)31-68-50(65)54-39-21-17-36(18-22-39)48(63)58-27-25-37-29-40(23-24-44(37)58)69(66,67)59-30-43(57-49(59)64)35-12-6-3-7-13-35/h2-7,10-13,15-24,29,32,41-43H,8-9,14,25-28,30-31,51-52H2,1H3,(H,53,61)(H,54,65)(H,55,62)(H,56,60)(H,57,64)/t32-,41+,42+,43+/m1/s1. The molecule has 69 heavy (non-hydrogen) atoms. The van der Waals surface area contributed by atoms with Gasteiger partial charge < -0.3 is 42.4 Å². The number of sulfonamides is 1. The average Bonchev–Trinajstić information content (AvgIpc) is 3.97. The molecule has 2 heterocycles. The van der Waals surface area contributed by atoms with E-state index in [9.17, 15) is 37.2 Å². The van der Waals surface area contributed by atoms with Crippen LogP contribution in [0, 0.1) is 0 Å². The van der Waals surface area contributed by atoms with Gasteiger partial charge in [0.2, 0.25) is 17.7 Å². The van der Waals surface area contributed by atoms with Crippen LogP contribution in [0.3, 0.4) is 0 Å². The Morgan fingerprint density at radius 2 is 1.42 bits per heavy atom. The van der Waals surface area contributed by atoms with Gasteiger partial charge in [-0.25, -0.2) is 22.3 Å². The molecule has 0 aromatic heterocycles. The first-order valence-corrected chi connectivity index (χ1v) is 24.0. The molecule has 5 aromatic carbocycles. The quantitative estimate of drug-likeness (QED) is 0.0557. The fourth-order valence-corrected chi connectivity index (χ4v) is 9.34. The highest BCUT2D eigenvalue weighted by molar-refractivity contribution is 7.89. The van der Waals surface area contributed by atoms with E-state index in [4.69, 9.17) is 16.2 Å². The lowest BCUT2D eigenvalue weighted by Gasteiger charge is -2.24. The molecule has 0 unspecified atom stereocenters. The molecule has 5 aromatic rings. The predicted octanol–water partition coefficient (Wildman–Crippen LogP) is 4.72. The third-order valence-corrected chi connectivity index (χ3v) is 13.5. The minimum absolute atomic E-state index is 0.0397. The number of unbranched alkanes of at least 4 members (excludes halogenated alkanes) is 1. The SMILES string of the molecule is C[C@@H](N)C(=O)N[C@@H](Cc1ccccc1)C(=O)N[C@@H](CCCCN)C(=O)Nc1ccc(COC(=O)Nc2ccc(C(=O)N3CCc4cc(S(=O)(=O)N5C[C@@H](c6ccccc6)NC5=O)ccc43)cc2)cc1. The van der Waals surface area contributed by atoms with Crippen LogP contribution in [-0.4, -0.2) is 86.2 Å². The normalized spacial score (nSPS) is 15.5. The molecule has 0 aliphatic carbocycles. The van der Waals surface area contributed by atoms with Gasteiger partial charge in [0.25, 0.3) is 15.9 Å². The average molecular weight is 958 g/mol. The van der Waals surface area contributed by atoms with Crippen molar-refractivity contribution in [1.82, 2.24) is 20.3 Å². The number of carbonyl (C=O) groups excluding carboxylic acids is 6. The van der Waals surface area contributed by atoms with E-state index < -0.39 is 64.0 Å². The summed E-state index contributed by atoms with van der Waals surface area (Å²) in [6.07, 6.45) is 1.37. The summed E-state index contributed by atoms with van der Waals surface area (Å²) < 4.78 is 33.4. The van der Waals surface area contributed by atoms with Crippen molar-refractivity contribution in [2.24, 2.45) is 11.5 Å². The maximum absolute atomic E-state index is 13.6. The lowest BCUT2D eigenvalue weighted by atomic mass is 10.0. The topological polar surface area (TPSA) is 264 Å². The third-order valence-electron chi connectivity index (χ3n) is 11.7. The number of nitrogens with one attached hydrogen (secondary N) is 5. The van der Waals surface area contributed by atoms with Gasteiger partial charge in [-0.3, -0.25) is 24.5 Å². The Hall–Kier alpha value is -7.61. The van der Waals surface area contributed by atoms with Gasteiger partial charge in [0.15, 0.2) is 0 Å². The Balaban J connectivity index is 0.894. The Bertz CT molecular complexity index is 2760. The lowest BCUT2D eigenvalue weighted by molar-refractivity contribution is -0.131. The fourth-order valence-electron chi connectivity index (χ4n) is 7.94. The molecule has 2 aliphatic heterocycles. The number of rotatable bonds is 19. The van der Waals surface area contributed by atoms with E-state index in [2.05, 4.69) is 26.6 Å². The first-order chi connectivity index (χ1) is 33.2. The number of amides is 7. The molecule has 7 rings (SSSR count). The van der Waals surface area contributed by atoms with E-state index in [-0.39, 0.29) is 30.4 Å². The maximum atomic E-state index is 13.6. The maximum Gasteiger partial charge on any atom is 0.411 e. The summed E-state index contributed by atoms with van der Waals surface area (Å²) in [6.45, 7) is 2.10. The van der Waals surface area contributed by atoms with Gasteiger partial charge in [-0.05, 0) is 116 Å². The first-order valence-electron chi connectivity index (χ1n) is 22.6. The minimum Gasteiger partial charge on any atom is -0.444 e. The van der Waals surface area contributed by atoms with Crippen molar-refractivity contribution in [3.05, 3.63) is 155 Å². The van der Waals surface area contributed by atoms with Crippen LogP contribution in [0.2, 0.25) is 0 Å². The molecule has 4 atom stereocenters. The number of nitrogens with zero attached hydrogens (tertiary/aromatic N) is 2. The third kappa shape index (κ3) is 12.5. The molecule has 9 N–H and O–H groups in total. The number of anilines is 3. The summed E-state index contributed by atoms with van der Waals surface area (Å²) in [5.41, 5.74) is 16.1. The van der Waals surface area contributed by atoms with E-state index >= 15 is 0 Å². The molecular formula is C50H55N9O9S. The van der Waals surface area contributed by atoms with E-state index in [1.165, 1.54) is 19.1 Å². The van der Waals surface area contributed by atoms with Gasteiger partial charge in [0.05, 0.1) is 23.5 Å². The molecule has 18 nitrogen and oxygen atoms in total. The van der Waals surface area contributed by atoms with E-state index in [1.54, 1.807) is 59.5 Å². The summed E-state index contributed by atoms with van der Waals surface area (Å²) in [6, 6.07) is 31.7. The van der Waals surface area contributed by atoms with E-state index in [1.807, 2.05) is 60.7 Å². The second kappa shape index (κ2) is 22.5. The summed E-state index contributed by atoms with van der Waals surface area (Å²) in [5, 5.41) is 13.7. The zero-order valence-corrected chi connectivity index (χ0v) is 38.7. The molecule has 0 spiro atoms. The number of hydrogen-bond donors (Lipinski definition) is 7. The predicted molar refractivity (Wildman–Crippen MR) is 259 cm³/mol. The van der Waals surface area contributed by atoms with Crippen molar-refractivity contribution < 1.29 is 41.9 Å². The number of carbonyl (C=O) groups is 6. The van der Waals surface area contributed by atoms with Gasteiger partial charge in [-0.15, -0.1) is 0 Å². The fraction of sp³-hybridized carbons (Fsp3) is 0.280. The molecule has 19 heteroatoms. The van der Waals surface area contributed by atoms with Crippen molar-refractivity contribution in [1.29, 1.82) is 0 Å². The van der Waals surface area contributed by atoms with Crippen LogP contribution >= 0.6 is 0 Å². The highest BCUT2D eigenvalue weighted by atomic mass is 32.2. The highest BCUT2D eigenvalue weighted by Gasteiger charge is 2.39. The molecule has 0 saturated carbocycles. The van der Waals surface area contributed by atoms with Gasteiger partial charge in [0.1, 0.15) is 18.7 Å². The molecular weight excluding hydrogens is 903 g/mol. The number of ether oxygens (including phenoxy) is 1. The number of fused-ring (bicyclic) bond motifs is 1. The van der Waals surface area contributed by atoms with Crippen molar-refractivity contribution in [2.45, 2.75) is 74.7 Å². The van der Waals surface area contributed by atoms with Crippen molar-refractivity contribution in [3.8, 4) is 0 Å². The van der Waals surface area contributed by atoms with Gasteiger partial charge in [-0.2, -0.15) is 0 Å². The number of hydrogen-bond acceptors (Lipinski definition) is 11. The Morgan fingerprint density at radius 1 is 0.768 bits per heavy atom. The van der Waals surface area contributed by atoms with Crippen LogP contribution in [0.25, 0.3) is 0 Å². The van der Waals surface area contributed by atoms with Gasteiger partial charge in [0, 0.05) is 35.6 Å². The van der Waals surface area contributed by atoms with Crippen LogP contribution in [0.4, 0.5) is 26.7 Å². The lowest BCUT2D eigenvalue weighted by Crippen LogP contribution is -2.55. The van der Waals surface area contributed by atoms with E-state index in [0.29, 0.717) is 72.5 Å². The van der Waals surface area contributed by atoms with Crippen LogP contribution in [0.5, 0.6) is 0 Å². The highest BCUT2D eigenvalue weighted by Crippen LogP contribution is 2.34. The molecule has 1 fully saturated rings. The summed E-state index contributed by atoms with van der Waals surface area (Å²) >= 11 is 0. The van der Waals surface area contributed by atoms with Crippen molar-refractivity contribution in [2.75, 3.05) is 35.2 Å². The second-order valence-electron chi connectivity index (χ2n) is 16.8. The molecule has 0 radical (unpaired) electrons. The molecule has 2 aliphatic rings. The Labute approximate surface area is 400 Å². The number of nitrogens with two attached hydrogens (primary N) is 2. The second-order valence-corrected chi connectivity index (χ2v) is 18.7. The van der Waals surface area contributed by atoms with E-state index in [0.717, 1.165) is 15.4 Å². The number of benzene rings is 5. The largest absolute Gasteiger partial charge is 0.444 e. The Kier molecular flexibility index (Phi) is 16.0. The van der Waals surface area contributed by atoms with Crippen LogP contribution in [-0.2, 0) is 48.6 Å². The molecule has 7 amide bonds. The van der Waals surface area contributed by atoms with Crippen molar-refractivity contribution >= 4 is 62.8 Å². The van der Waals surface area contributed by atoms with Gasteiger partial charge in [-0.1, -0.05) is 72.8 Å². The zero-order chi connectivity index (χ0) is 49.1. The number of urea groups is 1. The summed E-state index contributed by atoms with van der Waals surface area (Å²) in [4.78, 5) is 80.3. The summed E-state index contributed by atoms with van der Waals surface area (Å²) in [7, 11) is -4.17. The van der Waals surface area contributed by atoms with Crippen molar-refractivity contribution in [3.63, 3.8) is 0 Å². The van der Waals surface area contributed by atoms with Gasteiger partial charge >= 0.3 is 12.1 Å². The summed E-state index contributed by atoms with van der Waals surface area (Å²) in [5.74, 6) is -1.82. The molecule has 360 valence electrons. The zero-order valence-electron chi connectivity index (χ0n) is 37.9. The van der Waals surface area contributed by atoms with Crippen LogP contribution < -0.4 is 43.0 Å². The van der Waals surface area contributed by atoms with Crippen LogP contribution in [0.1, 0.15) is 64.8 Å². The smallest absolute Gasteiger partial charge is 0.411 e. The first kappa shape index (κ1) is 49.3. The van der Waals surface area contributed by atoms with Crippen LogP contribution in [0.15, 0.2) is 132 Å². The Morgan fingerprint density at radius 3 is 2.10 bits per heavy atom. The monoisotopic (exact) mass is 957 g/mol. The molecule has 0 bridgehead atoms. The molecule has 1 saturated heterocycles.